The van der Waals surface area contributed by atoms with Crippen LogP contribution in [0.2, 0.25) is 0 Å². The van der Waals surface area contributed by atoms with Crippen LogP contribution in [0.4, 0.5) is 4.79 Å². The van der Waals surface area contributed by atoms with Gasteiger partial charge in [0.15, 0.2) is 5.78 Å². The molecule has 0 spiro atoms. The molecule has 0 unspecified atom stereocenters. The van der Waals surface area contributed by atoms with Gasteiger partial charge in [0.1, 0.15) is 5.69 Å². The number of nitrogens with one attached hydrogen (secondary N) is 1. The van der Waals surface area contributed by atoms with Crippen LogP contribution in [-0.4, -0.2) is 52.5 Å². The minimum Gasteiger partial charge on any atom is -0.461 e. The maximum Gasteiger partial charge on any atom is 0.355 e. The Morgan fingerprint density at radius 2 is 1.76 bits per heavy atom. The molecule has 0 aromatic carbocycles. The van der Waals surface area contributed by atoms with E-state index in [1.54, 1.807) is 30.4 Å². The third kappa shape index (κ3) is 4.65. The molecule has 1 aromatic rings. The van der Waals surface area contributed by atoms with E-state index in [2.05, 4.69) is 5.32 Å². The Morgan fingerprint density at radius 3 is 2.34 bits per heavy atom. The molecule has 2 amide bonds. The molecule has 0 bridgehead atoms. The van der Waals surface area contributed by atoms with Gasteiger partial charge in [0, 0.05) is 30.4 Å². The van der Waals surface area contributed by atoms with E-state index in [-0.39, 0.29) is 37.0 Å². The van der Waals surface area contributed by atoms with E-state index >= 15 is 0 Å². The van der Waals surface area contributed by atoms with Crippen molar-refractivity contribution < 1.29 is 19.1 Å². The van der Waals surface area contributed by atoms with Gasteiger partial charge < -0.3 is 19.5 Å². The summed E-state index contributed by atoms with van der Waals surface area (Å²) in [5, 5.41) is 3.13. The number of carbonyl (C=O) groups excluding carboxylic acids is 3. The third-order valence-corrected chi connectivity index (χ3v) is 6.17. The summed E-state index contributed by atoms with van der Waals surface area (Å²) in [7, 11) is 1.76. The van der Waals surface area contributed by atoms with Gasteiger partial charge in [0.2, 0.25) is 0 Å². The number of urea groups is 1. The fraction of sp³-hybridized carbons (Fsp3) is 0.682. The van der Waals surface area contributed by atoms with Crippen molar-refractivity contribution in [3.63, 3.8) is 0 Å². The SMILES string of the molecule is CCOC(=O)c1c(C)c(C(=O)CN(C(=O)NC2CCCCC2)C2CC2)c(C)n1C. The van der Waals surface area contributed by atoms with Crippen molar-refractivity contribution in [1.82, 2.24) is 14.8 Å². The van der Waals surface area contributed by atoms with Crippen molar-refractivity contribution >= 4 is 17.8 Å². The Labute approximate surface area is 172 Å². The number of Topliss-reactive ketones (excluding diaryl/α,β-unsaturated/α-hetero) is 1. The predicted molar refractivity (Wildman–Crippen MR) is 110 cm³/mol. The van der Waals surface area contributed by atoms with E-state index < -0.39 is 5.97 Å². The van der Waals surface area contributed by atoms with Crippen LogP contribution < -0.4 is 5.32 Å². The fourth-order valence-electron chi connectivity index (χ4n) is 4.37. The lowest BCUT2D eigenvalue weighted by molar-refractivity contribution is 0.0514. The highest BCUT2D eigenvalue weighted by molar-refractivity contribution is 6.04. The predicted octanol–water partition coefficient (Wildman–Crippen LogP) is 3.51. The van der Waals surface area contributed by atoms with E-state index in [9.17, 15) is 14.4 Å². The van der Waals surface area contributed by atoms with Crippen molar-refractivity contribution in [1.29, 1.82) is 0 Å². The Balaban J connectivity index is 1.76. The topological polar surface area (TPSA) is 80.6 Å². The number of aromatic nitrogens is 1. The molecule has 1 aromatic heterocycles. The van der Waals surface area contributed by atoms with Gasteiger partial charge in [-0.3, -0.25) is 4.79 Å². The summed E-state index contributed by atoms with van der Waals surface area (Å²) in [6.07, 6.45) is 7.42. The highest BCUT2D eigenvalue weighted by Crippen LogP contribution is 2.29. The Kier molecular flexibility index (Phi) is 6.65. The van der Waals surface area contributed by atoms with Gasteiger partial charge in [-0.1, -0.05) is 19.3 Å². The van der Waals surface area contributed by atoms with Crippen molar-refractivity contribution in [2.45, 2.75) is 77.8 Å². The van der Waals surface area contributed by atoms with E-state index in [1.165, 1.54) is 6.42 Å². The van der Waals surface area contributed by atoms with Crippen LogP contribution in [0, 0.1) is 13.8 Å². The van der Waals surface area contributed by atoms with Crippen molar-refractivity contribution in [3.05, 3.63) is 22.5 Å². The zero-order valence-electron chi connectivity index (χ0n) is 18.0. The van der Waals surface area contributed by atoms with Crippen LogP contribution >= 0.6 is 0 Å². The molecule has 7 heteroatoms. The lowest BCUT2D eigenvalue weighted by atomic mass is 9.96. The minimum absolute atomic E-state index is 0.0389. The molecular weight excluding hydrogens is 370 g/mol. The molecule has 0 radical (unpaired) electrons. The van der Waals surface area contributed by atoms with E-state index in [4.69, 9.17) is 4.74 Å². The van der Waals surface area contributed by atoms with Gasteiger partial charge in [-0.25, -0.2) is 9.59 Å². The first-order valence-corrected chi connectivity index (χ1v) is 10.8. The Bertz CT molecular complexity index is 788. The summed E-state index contributed by atoms with van der Waals surface area (Å²) < 4.78 is 6.86. The van der Waals surface area contributed by atoms with Gasteiger partial charge in [-0.15, -0.1) is 0 Å². The molecule has 0 aliphatic heterocycles. The third-order valence-electron chi connectivity index (χ3n) is 6.17. The van der Waals surface area contributed by atoms with Crippen LogP contribution in [0.25, 0.3) is 0 Å². The summed E-state index contributed by atoms with van der Waals surface area (Å²) in [4.78, 5) is 40.1. The Hall–Kier alpha value is -2.31. The summed E-state index contributed by atoms with van der Waals surface area (Å²) in [6.45, 7) is 5.68. The lowest BCUT2D eigenvalue weighted by Gasteiger charge is -2.28. The molecular formula is C22H33N3O4. The molecule has 2 fully saturated rings. The second kappa shape index (κ2) is 9.01. The minimum atomic E-state index is -0.427. The average Bonchev–Trinajstić information content (AvgIpc) is 3.49. The zero-order chi connectivity index (χ0) is 21.1. The van der Waals surface area contributed by atoms with E-state index in [0.717, 1.165) is 44.2 Å². The Morgan fingerprint density at radius 1 is 1.10 bits per heavy atom. The molecule has 2 saturated carbocycles. The molecule has 29 heavy (non-hydrogen) atoms. The van der Waals surface area contributed by atoms with Crippen molar-refractivity contribution in [2.24, 2.45) is 7.05 Å². The first-order valence-electron chi connectivity index (χ1n) is 10.8. The molecule has 3 rings (SSSR count). The molecule has 1 heterocycles. The van der Waals surface area contributed by atoms with Crippen LogP contribution in [0.5, 0.6) is 0 Å². The maximum absolute atomic E-state index is 13.2. The molecule has 160 valence electrons. The molecule has 1 N–H and O–H groups in total. The number of hydrogen-bond acceptors (Lipinski definition) is 4. The number of ketones is 1. The molecule has 7 nitrogen and oxygen atoms in total. The fourth-order valence-corrected chi connectivity index (χ4v) is 4.37. The average molecular weight is 404 g/mol. The number of amides is 2. The standard InChI is InChI=1S/C22H33N3O4/c1-5-29-21(27)20-14(2)19(15(3)24(20)4)18(26)13-25(17-11-12-17)22(28)23-16-9-7-6-8-10-16/h16-17H,5-13H2,1-4H3,(H,23,28). The van der Waals surface area contributed by atoms with Crippen LogP contribution in [0.15, 0.2) is 0 Å². The smallest absolute Gasteiger partial charge is 0.355 e. The largest absolute Gasteiger partial charge is 0.461 e. The summed E-state index contributed by atoms with van der Waals surface area (Å²) in [5.41, 5.74) is 2.26. The van der Waals surface area contributed by atoms with Gasteiger partial charge in [-0.2, -0.15) is 0 Å². The van der Waals surface area contributed by atoms with Crippen LogP contribution in [0.1, 0.15) is 84.0 Å². The molecule has 0 saturated heterocycles. The van der Waals surface area contributed by atoms with Gasteiger partial charge >= 0.3 is 12.0 Å². The number of nitrogens with zero attached hydrogens (tertiary/aromatic N) is 2. The monoisotopic (exact) mass is 403 g/mol. The number of esters is 1. The van der Waals surface area contributed by atoms with Crippen LogP contribution in [-0.2, 0) is 11.8 Å². The summed E-state index contributed by atoms with van der Waals surface area (Å²) >= 11 is 0. The zero-order valence-corrected chi connectivity index (χ0v) is 18.0. The normalized spacial score (nSPS) is 17.1. The second-order valence-corrected chi connectivity index (χ2v) is 8.28. The van der Waals surface area contributed by atoms with Crippen molar-refractivity contribution in [2.75, 3.05) is 13.2 Å². The van der Waals surface area contributed by atoms with Gasteiger partial charge in [-0.05, 0) is 52.0 Å². The van der Waals surface area contributed by atoms with E-state index in [0.29, 0.717) is 16.8 Å². The van der Waals surface area contributed by atoms with Gasteiger partial charge in [0.05, 0.1) is 13.2 Å². The quantitative estimate of drug-likeness (QED) is 0.558. The number of hydrogen-bond donors (Lipinski definition) is 1. The van der Waals surface area contributed by atoms with Gasteiger partial charge in [0.25, 0.3) is 0 Å². The van der Waals surface area contributed by atoms with Crippen LogP contribution in [0.3, 0.4) is 0 Å². The highest BCUT2D eigenvalue weighted by Gasteiger charge is 2.36. The lowest BCUT2D eigenvalue weighted by Crippen LogP contribution is -2.48. The maximum atomic E-state index is 13.2. The molecule has 2 aliphatic rings. The number of rotatable bonds is 7. The first-order chi connectivity index (χ1) is 13.8. The molecule has 2 aliphatic carbocycles. The second-order valence-electron chi connectivity index (χ2n) is 8.28. The summed E-state index contributed by atoms with van der Waals surface area (Å²) in [5.74, 6) is -0.555. The van der Waals surface area contributed by atoms with Crippen molar-refractivity contribution in [3.8, 4) is 0 Å². The van der Waals surface area contributed by atoms with E-state index in [1.807, 2.05) is 6.92 Å². The highest BCUT2D eigenvalue weighted by atomic mass is 16.5. The molecule has 0 atom stereocenters. The number of ether oxygens (including phenoxy) is 1. The number of carbonyl (C=O) groups is 3. The summed E-state index contributed by atoms with van der Waals surface area (Å²) in [6, 6.07) is 0.212. The first kappa shape index (κ1) is 21.4.